The van der Waals surface area contributed by atoms with Crippen molar-refractivity contribution in [3.8, 4) is 11.6 Å². The van der Waals surface area contributed by atoms with Crippen molar-refractivity contribution in [1.82, 2.24) is 4.57 Å². The summed E-state index contributed by atoms with van der Waals surface area (Å²) in [4.78, 5) is 17.3. The Bertz CT molecular complexity index is 1310. The highest BCUT2D eigenvalue weighted by Gasteiger charge is 2.34. The van der Waals surface area contributed by atoms with Crippen LogP contribution >= 0.6 is 0 Å². The Balaban J connectivity index is 2.04. The van der Waals surface area contributed by atoms with Crippen molar-refractivity contribution in [3.05, 3.63) is 100 Å². The molecule has 30 heavy (non-hydrogen) atoms. The monoisotopic (exact) mass is 408 g/mol. The van der Waals surface area contributed by atoms with E-state index in [2.05, 4.69) is 4.99 Å². The van der Waals surface area contributed by atoms with E-state index in [0.717, 1.165) is 12.1 Å². The van der Waals surface area contributed by atoms with E-state index < -0.39 is 28.9 Å². The zero-order chi connectivity index (χ0) is 21.3. The van der Waals surface area contributed by atoms with Crippen LogP contribution in [0.3, 0.4) is 0 Å². The molecule has 4 rings (SSSR count). The third kappa shape index (κ3) is 3.45. The fourth-order valence-corrected chi connectivity index (χ4v) is 3.27. The number of pyridine rings is 1. The van der Waals surface area contributed by atoms with Crippen LogP contribution in [0.25, 0.3) is 16.5 Å². The number of aromatic nitrogens is 1. The van der Waals surface area contributed by atoms with E-state index in [1.165, 1.54) is 24.4 Å². The van der Waals surface area contributed by atoms with E-state index in [0.29, 0.717) is 15.6 Å². The molecule has 0 bridgehead atoms. The number of aliphatic imine (C=N–C) groups is 1. The van der Waals surface area contributed by atoms with E-state index in [4.69, 9.17) is 0 Å². The Morgan fingerprint density at radius 3 is 2.13 bits per heavy atom. The maximum Gasteiger partial charge on any atom is 0.418 e. The zero-order valence-electron chi connectivity index (χ0n) is 15.5. The van der Waals surface area contributed by atoms with Gasteiger partial charge in [-0.25, -0.2) is 4.57 Å². The first-order valence-corrected chi connectivity index (χ1v) is 9.00. The van der Waals surface area contributed by atoms with Crippen LogP contribution in [-0.4, -0.2) is 15.9 Å². The number of hydrogen-bond acceptors (Lipinski definition) is 3. The molecule has 0 radical (unpaired) electrons. The molecule has 0 aliphatic carbocycles. The fourth-order valence-electron chi connectivity index (χ4n) is 3.27. The number of fused-ring (bicyclic) bond motifs is 1. The Morgan fingerprint density at radius 2 is 1.43 bits per heavy atom. The Morgan fingerprint density at radius 1 is 0.833 bits per heavy atom. The van der Waals surface area contributed by atoms with Crippen LogP contribution in [0, 0.1) is 0 Å². The van der Waals surface area contributed by atoms with E-state index in [9.17, 15) is 23.1 Å². The number of aromatic hydroxyl groups is 1. The molecule has 1 heterocycles. The number of hydrogen-bond donors (Lipinski definition) is 1. The topological polar surface area (TPSA) is 54.6 Å². The van der Waals surface area contributed by atoms with Gasteiger partial charge in [-0.1, -0.05) is 48.5 Å². The van der Waals surface area contributed by atoms with Gasteiger partial charge in [0.05, 0.1) is 22.5 Å². The lowest BCUT2D eigenvalue weighted by Gasteiger charge is -2.18. The average molecular weight is 408 g/mol. The van der Waals surface area contributed by atoms with Crippen molar-refractivity contribution in [2.24, 2.45) is 4.99 Å². The summed E-state index contributed by atoms with van der Waals surface area (Å²) >= 11 is 0. The van der Waals surface area contributed by atoms with E-state index in [1.54, 1.807) is 42.5 Å². The molecule has 1 N–H and O–H groups in total. The Kier molecular flexibility index (Phi) is 4.87. The largest absolute Gasteiger partial charge is 0.494 e. The molecule has 3 aromatic carbocycles. The maximum absolute atomic E-state index is 13.6. The van der Waals surface area contributed by atoms with Crippen LogP contribution < -0.4 is 5.56 Å². The van der Waals surface area contributed by atoms with Gasteiger partial charge in [0.15, 0.2) is 0 Å². The number of benzene rings is 3. The molecular formula is C23H15F3N2O2. The summed E-state index contributed by atoms with van der Waals surface area (Å²) in [5, 5.41) is 11.5. The average Bonchev–Trinajstić information content (AvgIpc) is 2.74. The van der Waals surface area contributed by atoms with Crippen LogP contribution in [0.2, 0.25) is 0 Å². The van der Waals surface area contributed by atoms with Crippen LogP contribution in [0.5, 0.6) is 5.88 Å². The van der Waals surface area contributed by atoms with Gasteiger partial charge < -0.3 is 5.11 Å². The summed E-state index contributed by atoms with van der Waals surface area (Å²) in [7, 11) is 0. The first-order valence-electron chi connectivity index (χ1n) is 9.00. The number of rotatable bonds is 3. The fraction of sp³-hybridized carbons (Fsp3) is 0.0435. The van der Waals surface area contributed by atoms with Gasteiger partial charge in [0.1, 0.15) is 0 Å². The lowest BCUT2D eigenvalue weighted by Crippen LogP contribution is -2.23. The predicted octanol–water partition coefficient (Wildman–Crippen LogP) is 5.47. The van der Waals surface area contributed by atoms with Crippen molar-refractivity contribution < 1.29 is 18.3 Å². The highest BCUT2D eigenvalue weighted by Crippen LogP contribution is 2.35. The van der Waals surface area contributed by atoms with Crippen molar-refractivity contribution in [2.75, 3.05) is 0 Å². The molecule has 1 aromatic heterocycles. The van der Waals surface area contributed by atoms with Gasteiger partial charge in [-0.2, -0.15) is 13.2 Å². The Hall–Kier alpha value is -3.87. The third-order valence-corrected chi connectivity index (χ3v) is 4.65. The summed E-state index contributed by atoms with van der Waals surface area (Å²) in [6.45, 7) is 0. The highest BCUT2D eigenvalue weighted by molar-refractivity contribution is 6.02. The summed E-state index contributed by atoms with van der Waals surface area (Å²) in [5.41, 5.74) is -1.49. The van der Waals surface area contributed by atoms with Crippen LogP contribution in [0.1, 0.15) is 11.1 Å². The van der Waals surface area contributed by atoms with Gasteiger partial charge in [0, 0.05) is 17.0 Å². The predicted molar refractivity (Wildman–Crippen MR) is 110 cm³/mol. The molecule has 0 fully saturated rings. The molecule has 0 saturated heterocycles. The van der Waals surface area contributed by atoms with Gasteiger partial charge in [-0.3, -0.25) is 9.79 Å². The van der Waals surface area contributed by atoms with Crippen LogP contribution in [0.4, 0.5) is 18.9 Å². The molecule has 0 aliphatic heterocycles. The van der Waals surface area contributed by atoms with Crippen LogP contribution in [0.15, 0.2) is 88.6 Å². The standard InChI is InChI=1S/C23H15F3N2O2/c24-23(25,26)19-12-6-7-13-20(19)28-21(29)17-11-5-4-10-16(17)18(22(28)30)14-27-15-8-2-1-3-9-15/h1-14,30H. The second-order valence-electron chi connectivity index (χ2n) is 6.53. The van der Waals surface area contributed by atoms with Gasteiger partial charge in [-0.05, 0) is 30.3 Å². The second kappa shape index (κ2) is 7.51. The lowest BCUT2D eigenvalue weighted by molar-refractivity contribution is -0.137. The minimum Gasteiger partial charge on any atom is -0.494 e. The van der Waals surface area contributed by atoms with Crippen LogP contribution in [-0.2, 0) is 6.18 Å². The van der Waals surface area contributed by atoms with Crippen molar-refractivity contribution in [2.45, 2.75) is 6.18 Å². The molecule has 0 spiro atoms. The first-order chi connectivity index (χ1) is 14.4. The molecule has 0 atom stereocenters. The van der Waals surface area contributed by atoms with Gasteiger partial charge in [0.2, 0.25) is 5.88 Å². The molecule has 0 saturated carbocycles. The second-order valence-corrected chi connectivity index (χ2v) is 6.53. The minimum atomic E-state index is -4.70. The van der Waals surface area contributed by atoms with Gasteiger partial charge in [0.25, 0.3) is 5.56 Å². The molecule has 0 amide bonds. The normalized spacial score (nSPS) is 12.0. The number of halogens is 3. The molecular weight excluding hydrogens is 393 g/mol. The lowest BCUT2D eigenvalue weighted by atomic mass is 10.1. The van der Waals surface area contributed by atoms with Crippen molar-refractivity contribution in [3.63, 3.8) is 0 Å². The summed E-state index contributed by atoms with van der Waals surface area (Å²) < 4.78 is 41.4. The van der Waals surface area contributed by atoms with Crippen molar-refractivity contribution >= 4 is 22.7 Å². The minimum absolute atomic E-state index is 0.144. The number of alkyl halides is 3. The first kappa shape index (κ1) is 19.4. The molecule has 0 aliphatic rings. The summed E-state index contributed by atoms with van der Waals surface area (Å²) in [6, 6.07) is 19.9. The Labute approximate surface area is 169 Å². The number of para-hydroxylation sites is 2. The van der Waals surface area contributed by atoms with E-state index in [1.807, 2.05) is 6.07 Å². The maximum atomic E-state index is 13.6. The molecule has 4 aromatic rings. The van der Waals surface area contributed by atoms with Gasteiger partial charge >= 0.3 is 6.18 Å². The van der Waals surface area contributed by atoms with Crippen molar-refractivity contribution in [1.29, 1.82) is 0 Å². The smallest absolute Gasteiger partial charge is 0.418 e. The third-order valence-electron chi connectivity index (χ3n) is 4.65. The molecule has 0 unspecified atom stereocenters. The quantitative estimate of drug-likeness (QED) is 0.458. The number of nitrogens with zero attached hydrogens (tertiary/aromatic N) is 2. The molecule has 4 nitrogen and oxygen atoms in total. The summed E-state index contributed by atoms with van der Waals surface area (Å²) in [5.74, 6) is -0.616. The van der Waals surface area contributed by atoms with Gasteiger partial charge in [-0.15, -0.1) is 0 Å². The highest BCUT2D eigenvalue weighted by atomic mass is 19.4. The SMILES string of the molecule is O=c1c2ccccc2c(C=Nc2ccccc2)c(O)n1-c1ccccc1C(F)(F)F. The molecule has 150 valence electrons. The van der Waals surface area contributed by atoms with E-state index in [-0.39, 0.29) is 10.9 Å². The molecule has 7 heteroatoms. The summed E-state index contributed by atoms with van der Waals surface area (Å²) in [6.07, 6.45) is -3.36. The zero-order valence-corrected chi connectivity index (χ0v) is 15.5. The van der Waals surface area contributed by atoms with E-state index >= 15 is 0 Å².